The second-order valence-corrected chi connectivity index (χ2v) is 15.0. The third-order valence-corrected chi connectivity index (χ3v) is 9.92. The average Bonchev–Trinajstić information content (AvgIpc) is 3.26. The number of hydrogen-bond acceptors (Lipinski definition) is 6. The Labute approximate surface area is 366 Å². The lowest BCUT2D eigenvalue weighted by Gasteiger charge is -2.06. The van der Waals surface area contributed by atoms with Crippen LogP contribution in [-0.4, -0.2) is 21.7 Å². The van der Waals surface area contributed by atoms with E-state index < -0.39 is 9.85 Å². The highest BCUT2D eigenvalue weighted by Gasteiger charge is 2.07. The van der Waals surface area contributed by atoms with Crippen LogP contribution in [0.25, 0.3) is 0 Å². The molecule has 0 heterocycles. The number of nitrogens with zero attached hydrogens (tertiary/aromatic N) is 2. The highest BCUT2D eigenvalue weighted by molar-refractivity contribution is 5.91. The molecule has 0 aliphatic rings. The van der Waals surface area contributed by atoms with Crippen LogP contribution in [0.15, 0.2) is 97.1 Å². The van der Waals surface area contributed by atoms with Crippen LogP contribution in [0.4, 0.5) is 22.7 Å². The molecule has 0 spiro atoms. The van der Waals surface area contributed by atoms with E-state index in [9.17, 15) is 29.8 Å². The maximum atomic E-state index is 12.5. The Morgan fingerprint density at radius 3 is 0.984 bits per heavy atom. The van der Waals surface area contributed by atoms with Gasteiger partial charge in [-0.2, -0.15) is 0 Å². The average molecular weight is 831 g/mol. The quantitative estimate of drug-likeness (QED) is 0.0329. The van der Waals surface area contributed by atoms with Crippen LogP contribution in [0.2, 0.25) is 0 Å². The van der Waals surface area contributed by atoms with Gasteiger partial charge in [-0.1, -0.05) is 138 Å². The number of non-ortho nitro benzene ring substituents is 2. The zero-order valence-corrected chi connectivity index (χ0v) is 35.3. The van der Waals surface area contributed by atoms with Crippen LogP contribution >= 0.6 is 0 Å². The minimum atomic E-state index is -0.457. The van der Waals surface area contributed by atoms with Gasteiger partial charge in [-0.15, -0.1) is 0 Å². The van der Waals surface area contributed by atoms with E-state index in [1.807, 2.05) is 48.5 Å². The Balaban J connectivity index is 0.927. The molecule has 0 aromatic heterocycles. The van der Waals surface area contributed by atoms with Gasteiger partial charge in [-0.3, -0.25) is 29.8 Å². The highest BCUT2D eigenvalue weighted by atomic mass is 16.6. The molecule has 0 fully saturated rings. The molecule has 4 aromatic rings. The topological polar surface area (TPSA) is 144 Å². The summed E-state index contributed by atoms with van der Waals surface area (Å²) in [5.74, 6) is 22.5. The van der Waals surface area contributed by atoms with Crippen molar-refractivity contribution in [1.82, 2.24) is 0 Å². The molecule has 10 heteroatoms. The summed E-state index contributed by atoms with van der Waals surface area (Å²) in [4.78, 5) is 45.9. The summed E-state index contributed by atoms with van der Waals surface area (Å²) in [7, 11) is 0. The van der Waals surface area contributed by atoms with E-state index in [0.717, 1.165) is 49.7 Å². The Morgan fingerprint density at radius 1 is 0.403 bits per heavy atom. The first-order valence-corrected chi connectivity index (χ1v) is 21.6. The van der Waals surface area contributed by atoms with Crippen LogP contribution in [0.3, 0.4) is 0 Å². The zero-order valence-electron chi connectivity index (χ0n) is 35.3. The molecule has 0 aliphatic carbocycles. The Hall–Kier alpha value is -7.14. The van der Waals surface area contributed by atoms with Crippen molar-refractivity contribution in [3.63, 3.8) is 0 Å². The van der Waals surface area contributed by atoms with Gasteiger partial charge < -0.3 is 10.6 Å². The summed E-state index contributed by atoms with van der Waals surface area (Å²) < 4.78 is 0. The molecule has 0 radical (unpaired) electrons. The molecule has 0 unspecified atom stereocenters. The number of carbonyl (C=O) groups excluding carboxylic acids is 2. The first-order valence-electron chi connectivity index (χ1n) is 21.6. The van der Waals surface area contributed by atoms with Crippen LogP contribution < -0.4 is 10.6 Å². The number of benzene rings is 4. The molecule has 0 aliphatic heterocycles. The van der Waals surface area contributed by atoms with E-state index in [1.54, 1.807) is 24.3 Å². The van der Waals surface area contributed by atoms with Gasteiger partial charge in [0.05, 0.1) is 9.85 Å². The van der Waals surface area contributed by atoms with E-state index in [2.05, 4.69) is 58.0 Å². The van der Waals surface area contributed by atoms with E-state index in [0.29, 0.717) is 35.3 Å². The van der Waals surface area contributed by atoms with Gasteiger partial charge in [0.15, 0.2) is 0 Å². The molecule has 0 bridgehead atoms. The van der Waals surface area contributed by atoms with E-state index in [-0.39, 0.29) is 23.2 Å². The molecule has 10 nitrogen and oxygen atoms in total. The van der Waals surface area contributed by atoms with Crippen LogP contribution in [-0.2, 0) is 9.59 Å². The van der Waals surface area contributed by atoms with Crippen molar-refractivity contribution in [2.75, 3.05) is 10.6 Å². The maximum Gasteiger partial charge on any atom is 0.270 e. The molecule has 0 saturated carbocycles. The number of nitrogens with one attached hydrogen (secondary N) is 2. The summed E-state index contributed by atoms with van der Waals surface area (Å²) in [5, 5.41) is 27.8. The Kier molecular flexibility index (Phi) is 21.7. The van der Waals surface area contributed by atoms with Gasteiger partial charge in [0, 0.05) is 70.7 Å². The normalized spacial score (nSPS) is 10.0. The van der Waals surface area contributed by atoms with E-state index in [1.165, 1.54) is 88.5 Å². The van der Waals surface area contributed by atoms with Crippen LogP contribution in [0.5, 0.6) is 0 Å². The predicted molar refractivity (Wildman–Crippen MR) is 247 cm³/mol. The SMILES string of the molecule is O=C(CCCCCCCCCCCCCCCCCCC(=O)Nc1cccc(C#CC#Cc2cccc([N+](=O)[O-])c2)c1)Nc1cccc(C#CC#Cc2cccc([N+](=O)[O-])c2)c1. The molecule has 4 aromatic carbocycles. The second-order valence-electron chi connectivity index (χ2n) is 15.0. The van der Waals surface area contributed by atoms with Crippen molar-refractivity contribution in [3.05, 3.63) is 140 Å². The predicted octanol–water partition coefficient (Wildman–Crippen LogP) is 11.9. The van der Waals surface area contributed by atoms with Crippen molar-refractivity contribution in [3.8, 4) is 47.4 Å². The third kappa shape index (κ3) is 20.2. The van der Waals surface area contributed by atoms with Gasteiger partial charge in [0.1, 0.15) is 0 Å². The van der Waals surface area contributed by atoms with Gasteiger partial charge in [-0.25, -0.2) is 0 Å². The third-order valence-electron chi connectivity index (χ3n) is 9.92. The summed E-state index contributed by atoms with van der Waals surface area (Å²) in [6, 6.07) is 26.9. The number of nitro groups is 2. The number of rotatable bonds is 23. The summed E-state index contributed by atoms with van der Waals surface area (Å²) in [6.45, 7) is 0. The molecular weight excluding hydrogens is 777 g/mol. The molecular formula is C52H54N4O6. The Morgan fingerprint density at radius 2 is 0.677 bits per heavy atom. The number of unbranched alkanes of at least 4 members (excludes halogenated alkanes) is 15. The molecule has 318 valence electrons. The van der Waals surface area contributed by atoms with Crippen LogP contribution in [0.1, 0.15) is 138 Å². The number of amides is 2. The summed E-state index contributed by atoms with van der Waals surface area (Å²) >= 11 is 0. The zero-order chi connectivity index (χ0) is 44.0. The van der Waals surface area contributed by atoms with Crippen LogP contribution in [0, 0.1) is 67.6 Å². The second kappa shape index (κ2) is 28.3. The van der Waals surface area contributed by atoms with Crippen molar-refractivity contribution >= 4 is 34.6 Å². The van der Waals surface area contributed by atoms with Crippen molar-refractivity contribution in [2.24, 2.45) is 0 Å². The van der Waals surface area contributed by atoms with Crippen molar-refractivity contribution < 1.29 is 19.4 Å². The minimum absolute atomic E-state index is 0.00263. The fraction of sp³-hybridized carbons (Fsp3) is 0.346. The number of nitro benzene ring substituents is 2. The van der Waals surface area contributed by atoms with Gasteiger partial charge >= 0.3 is 0 Å². The number of anilines is 2. The monoisotopic (exact) mass is 830 g/mol. The largest absolute Gasteiger partial charge is 0.326 e. The van der Waals surface area contributed by atoms with Gasteiger partial charge in [0.25, 0.3) is 11.4 Å². The van der Waals surface area contributed by atoms with Crippen molar-refractivity contribution in [1.29, 1.82) is 0 Å². The lowest BCUT2D eigenvalue weighted by atomic mass is 10.0. The molecule has 2 amide bonds. The summed E-state index contributed by atoms with van der Waals surface area (Å²) in [6.07, 6.45) is 19.7. The fourth-order valence-corrected chi connectivity index (χ4v) is 6.65. The standard InChI is InChI=1S/C52H54N4O6/c57-51(53-47-33-21-29-43(39-47)25-17-19-27-45-31-23-35-49(41-45)55(59)60)37-15-13-11-9-7-5-3-1-2-4-6-8-10-12-14-16-38-52(58)54-48-34-22-30-44(40-48)26-18-20-28-46-32-24-36-50(42-46)56(61)62/h21-24,29-36,39-42H,1-16,37-38H2,(H,53,57)(H,54,58). The molecule has 4 rings (SSSR count). The molecule has 2 N–H and O–H groups in total. The van der Waals surface area contributed by atoms with Gasteiger partial charge in [-0.05, 0) is 85.1 Å². The molecule has 0 atom stereocenters. The molecule has 62 heavy (non-hydrogen) atoms. The minimum Gasteiger partial charge on any atom is -0.326 e. The first-order chi connectivity index (χ1) is 30.2. The first kappa shape index (κ1) is 47.5. The number of hydrogen-bond donors (Lipinski definition) is 2. The smallest absolute Gasteiger partial charge is 0.270 e. The maximum absolute atomic E-state index is 12.5. The number of carbonyl (C=O) groups is 2. The summed E-state index contributed by atoms with van der Waals surface area (Å²) in [5.41, 5.74) is 3.85. The van der Waals surface area contributed by atoms with E-state index >= 15 is 0 Å². The lowest BCUT2D eigenvalue weighted by Crippen LogP contribution is -2.11. The lowest BCUT2D eigenvalue weighted by molar-refractivity contribution is -0.385. The Bertz CT molecular complexity index is 2210. The van der Waals surface area contributed by atoms with Gasteiger partial charge in [0.2, 0.25) is 11.8 Å². The fourth-order valence-electron chi connectivity index (χ4n) is 6.65. The van der Waals surface area contributed by atoms with E-state index in [4.69, 9.17) is 0 Å². The molecule has 0 saturated heterocycles. The van der Waals surface area contributed by atoms with Crippen molar-refractivity contribution in [2.45, 2.75) is 116 Å². The highest BCUT2D eigenvalue weighted by Crippen LogP contribution is 2.17.